The van der Waals surface area contributed by atoms with E-state index in [1.165, 1.54) is 5.56 Å². The highest BCUT2D eigenvalue weighted by Gasteiger charge is 2.21. The monoisotopic (exact) mass is 393 g/mol. The molecule has 1 heterocycles. The molecule has 1 aliphatic heterocycles. The Morgan fingerprint density at radius 1 is 1.12 bits per heavy atom. The molecule has 1 saturated heterocycles. The fourth-order valence-electron chi connectivity index (χ4n) is 2.54. The lowest BCUT2D eigenvalue weighted by Crippen LogP contribution is -2.30. The van der Waals surface area contributed by atoms with Crippen LogP contribution in [0.5, 0.6) is 5.75 Å². The Kier molecular flexibility index (Phi) is 6.96. The fraction of sp³-hybridized carbons (Fsp3) is 0.316. The number of carbonyl (C=O) groups is 1. The Hall–Kier alpha value is -1.30. The molecule has 132 valence electrons. The van der Waals surface area contributed by atoms with Crippen LogP contribution in [0.3, 0.4) is 0 Å². The summed E-state index contributed by atoms with van der Waals surface area (Å²) in [6.45, 7) is 0.624. The molecule has 6 heteroatoms. The number of halogens is 1. The quantitative estimate of drug-likeness (QED) is 0.748. The summed E-state index contributed by atoms with van der Waals surface area (Å²) in [5.74, 6) is 3.03. The number of carbonyl (C=O) groups excluding carboxylic acids is 1. The standard InChI is InChI=1S/C19H20ClNO2S2/c20-15-7-5-14(6-8-15)9-10-21-18(22)13-23-17-4-2-1-3-16(17)19-24-11-12-25-19/h1-8,19H,9-13H2,(H,21,22). The van der Waals surface area contributed by atoms with Crippen LogP contribution in [0.15, 0.2) is 48.5 Å². The van der Waals surface area contributed by atoms with Crippen molar-refractivity contribution in [1.29, 1.82) is 0 Å². The fourth-order valence-corrected chi connectivity index (χ4v) is 5.57. The molecule has 1 N–H and O–H groups in total. The van der Waals surface area contributed by atoms with Gasteiger partial charge < -0.3 is 10.1 Å². The van der Waals surface area contributed by atoms with Crippen molar-refractivity contribution in [2.75, 3.05) is 24.7 Å². The third-order valence-electron chi connectivity index (χ3n) is 3.80. The summed E-state index contributed by atoms with van der Waals surface area (Å²) < 4.78 is 6.18. The van der Waals surface area contributed by atoms with Crippen molar-refractivity contribution < 1.29 is 9.53 Å². The molecule has 0 radical (unpaired) electrons. The van der Waals surface area contributed by atoms with Crippen LogP contribution in [-0.2, 0) is 11.2 Å². The van der Waals surface area contributed by atoms with Crippen molar-refractivity contribution in [3.05, 3.63) is 64.7 Å². The Bertz CT molecular complexity index is 703. The van der Waals surface area contributed by atoms with Crippen LogP contribution in [0, 0.1) is 0 Å². The Morgan fingerprint density at radius 2 is 1.84 bits per heavy atom. The van der Waals surface area contributed by atoms with E-state index in [2.05, 4.69) is 11.4 Å². The summed E-state index contributed by atoms with van der Waals surface area (Å²) >= 11 is 9.72. The number of thioether (sulfide) groups is 2. The SMILES string of the molecule is O=C(COc1ccccc1C1SCCS1)NCCc1ccc(Cl)cc1. The molecule has 0 aliphatic carbocycles. The minimum atomic E-state index is -0.101. The maximum absolute atomic E-state index is 12.0. The normalized spacial score (nSPS) is 14.4. The van der Waals surface area contributed by atoms with Gasteiger partial charge in [-0.2, -0.15) is 0 Å². The van der Waals surface area contributed by atoms with Gasteiger partial charge in [-0.05, 0) is 30.2 Å². The van der Waals surface area contributed by atoms with E-state index in [-0.39, 0.29) is 12.5 Å². The summed E-state index contributed by atoms with van der Waals surface area (Å²) in [6.07, 6.45) is 0.773. The van der Waals surface area contributed by atoms with Crippen LogP contribution in [0.2, 0.25) is 5.02 Å². The molecule has 1 amide bonds. The van der Waals surface area contributed by atoms with E-state index in [0.29, 0.717) is 11.1 Å². The van der Waals surface area contributed by atoms with Crippen molar-refractivity contribution >= 4 is 41.0 Å². The first-order valence-electron chi connectivity index (χ1n) is 8.18. The maximum Gasteiger partial charge on any atom is 0.257 e. The molecule has 0 atom stereocenters. The molecule has 2 aromatic rings. The summed E-state index contributed by atoms with van der Waals surface area (Å²) in [4.78, 5) is 12.0. The Morgan fingerprint density at radius 3 is 2.60 bits per heavy atom. The zero-order valence-electron chi connectivity index (χ0n) is 13.7. The number of benzene rings is 2. The minimum absolute atomic E-state index is 0.0414. The number of hydrogen-bond acceptors (Lipinski definition) is 4. The maximum atomic E-state index is 12.0. The lowest BCUT2D eigenvalue weighted by atomic mass is 10.1. The van der Waals surface area contributed by atoms with E-state index >= 15 is 0 Å². The third-order valence-corrected chi connectivity index (χ3v) is 7.12. The molecule has 2 aromatic carbocycles. The first-order chi connectivity index (χ1) is 12.2. The molecule has 1 aliphatic rings. The molecular formula is C19H20ClNO2S2. The second kappa shape index (κ2) is 9.41. The second-order valence-corrected chi connectivity index (χ2v) is 8.79. The number of para-hydroxylation sites is 1. The summed E-state index contributed by atoms with van der Waals surface area (Å²) in [6, 6.07) is 15.7. The molecule has 0 unspecified atom stereocenters. The van der Waals surface area contributed by atoms with Gasteiger partial charge in [0.2, 0.25) is 0 Å². The molecule has 3 rings (SSSR count). The third kappa shape index (κ3) is 5.59. The summed E-state index contributed by atoms with van der Waals surface area (Å²) in [5.41, 5.74) is 2.32. The molecular weight excluding hydrogens is 374 g/mol. The molecule has 0 spiro atoms. The topological polar surface area (TPSA) is 38.3 Å². The lowest BCUT2D eigenvalue weighted by molar-refractivity contribution is -0.123. The van der Waals surface area contributed by atoms with Gasteiger partial charge in [0.05, 0.1) is 4.58 Å². The van der Waals surface area contributed by atoms with Gasteiger partial charge in [-0.3, -0.25) is 4.79 Å². The van der Waals surface area contributed by atoms with Crippen molar-refractivity contribution in [2.45, 2.75) is 11.0 Å². The average molecular weight is 394 g/mol. The Balaban J connectivity index is 1.45. The number of nitrogens with one attached hydrogen (secondary N) is 1. The highest BCUT2D eigenvalue weighted by atomic mass is 35.5. The van der Waals surface area contributed by atoms with Gasteiger partial charge >= 0.3 is 0 Å². The summed E-state index contributed by atoms with van der Waals surface area (Å²) in [7, 11) is 0. The predicted molar refractivity (Wildman–Crippen MR) is 108 cm³/mol. The van der Waals surface area contributed by atoms with Crippen molar-refractivity contribution in [2.24, 2.45) is 0 Å². The van der Waals surface area contributed by atoms with Crippen LogP contribution in [0.4, 0.5) is 0 Å². The minimum Gasteiger partial charge on any atom is -0.483 e. The lowest BCUT2D eigenvalue weighted by Gasteiger charge is -2.15. The number of amides is 1. The Labute approximate surface area is 161 Å². The highest BCUT2D eigenvalue weighted by molar-refractivity contribution is 8.19. The van der Waals surface area contributed by atoms with Crippen LogP contribution in [0.1, 0.15) is 15.7 Å². The zero-order valence-corrected chi connectivity index (χ0v) is 16.1. The van der Waals surface area contributed by atoms with Gasteiger partial charge in [-0.15, -0.1) is 23.5 Å². The number of ether oxygens (including phenoxy) is 1. The highest BCUT2D eigenvalue weighted by Crippen LogP contribution is 2.48. The van der Waals surface area contributed by atoms with Crippen molar-refractivity contribution in [1.82, 2.24) is 5.32 Å². The second-order valence-electron chi connectivity index (χ2n) is 5.63. The van der Waals surface area contributed by atoms with Crippen molar-refractivity contribution in [3.8, 4) is 5.75 Å². The summed E-state index contributed by atoms with van der Waals surface area (Å²) in [5, 5.41) is 3.62. The molecule has 25 heavy (non-hydrogen) atoms. The smallest absolute Gasteiger partial charge is 0.257 e. The van der Waals surface area contributed by atoms with Crippen LogP contribution >= 0.6 is 35.1 Å². The average Bonchev–Trinajstić information content (AvgIpc) is 3.16. The van der Waals surface area contributed by atoms with E-state index in [1.807, 2.05) is 66.0 Å². The molecule has 0 aromatic heterocycles. The molecule has 0 saturated carbocycles. The molecule has 3 nitrogen and oxygen atoms in total. The van der Waals surface area contributed by atoms with E-state index in [0.717, 1.165) is 34.3 Å². The first kappa shape index (κ1) is 18.5. The molecule has 0 bridgehead atoms. The van der Waals surface area contributed by atoms with Crippen molar-refractivity contribution in [3.63, 3.8) is 0 Å². The van der Waals surface area contributed by atoms with E-state index in [1.54, 1.807) is 0 Å². The van der Waals surface area contributed by atoms with Crippen LogP contribution in [0.25, 0.3) is 0 Å². The van der Waals surface area contributed by atoms with Crippen LogP contribution < -0.4 is 10.1 Å². The van der Waals surface area contributed by atoms with Gasteiger partial charge in [0.1, 0.15) is 5.75 Å². The van der Waals surface area contributed by atoms with E-state index in [4.69, 9.17) is 16.3 Å². The van der Waals surface area contributed by atoms with Gasteiger partial charge in [0, 0.05) is 28.6 Å². The zero-order chi connectivity index (χ0) is 17.5. The van der Waals surface area contributed by atoms with E-state index in [9.17, 15) is 4.79 Å². The number of rotatable bonds is 7. The van der Waals surface area contributed by atoms with Gasteiger partial charge in [0.25, 0.3) is 5.91 Å². The number of hydrogen-bond donors (Lipinski definition) is 1. The van der Waals surface area contributed by atoms with Gasteiger partial charge in [0.15, 0.2) is 6.61 Å². The van der Waals surface area contributed by atoms with E-state index < -0.39 is 0 Å². The van der Waals surface area contributed by atoms with Gasteiger partial charge in [-0.25, -0.2) is 0 Å². The van der Waals surface area contributed by atoms with Crippen LogP contribution in [-0.4, -0.2) is 30.6 Å². The predicted octanol–water partition coefficient (Wildman–Crippen LogP) is 4.56. The van der Waals surface area contributed by atoms with Gasteiger partial charge in [-0.1, -0.05) is 41.9 Å². The molecule has 1 fully saturated rings. The first-order valence-corrected chi connectivity index (χ1v) is 10.7. The largest absolute Gasteiger partial charge is 0.483 e.